The number of nitrogens with zero attached hydrogens (tertiary/aromatic N) is 1. The Morgan fingerprint density at radius 1 is 0.828 bits per heavy atom. The van der Waals surface area contributed by atoms with Crippen molar-refractivity contribution in [3.8, 4) is 0 Å². The summed E-state index contributed by atoms with van der Waals surface area (Å²) in [6.45, 7) is 2.01. The van der Waals surface area contributed by atoms with Crippen LogP contribution in [0.3, 0.4) is 0 Å². The molecule has 6 heteroatoms. The lowest BCUT2D eigenvalue weighted by Crippen LogP contribution is -2.45. The molecule has 0 aromatic carbocycles. The van der Waals surface area contributed by atoms with Crippen molar-refractivity contribution in [1.82, 2.24) is 4.90 Å². The molecule has 1 rings (SSSR count). The predicted octanol–water partition coefficient (Wildman–Crippen LogP) is 3.43. The van der Waals surface area contributed by atoms with Gasteiger partial charge < -0.3 is 30.3 Å². The lowest BCUT2D eigenvalue weighted by molar-refractivity contribution is -0.181. The number of hydrogen-bond acceptors (Lipinski definition) is 6. The maximum Gasteiger partial charge on any atom is 0.168 e. The Labute approximate surface area is 179 Å². The van der Waals surface area contributed by atoms with Crippen molar-refractivity contribution in [2.24, 2.45) is 5.73 Å². The Morgan fingerprint density at radius 2 is 1.28 bits per heavy atom. The van der Waals surface area contributed by atoms with E-state index < -0.39 is 5.79 Å². The Hall–Kier alpha value is -0.240. The Bertz CT molecular complexity index is 364. The summed E-state index contributed by atoms with van der Waals surface area (Å²) >= 11 is 0. The second kappa shape index (κ2) is 16.5. The van der Waals surface area contributed by atoms with Crippen LogP contribution in [0, 0.1) is 0 Å². The molecule has 0 aromatic rings. The van der Waals surface area contributed by atoms with Gasteiger partial charge in [0.2, 0.25) is 0 Å². The third kappa shape index (κ3) is 12.3. The first-order chi connectivity index (χ1) is 14.0. The number of hydrogen-bond donors (Lipinski definition) is 3. The highest BCUT2D eigenvalue weighted by atomic mass is 16.7. The van der Waals surface area contributed by atoms with Crippen LogP contribution in [0.1, 0.15) is 89.9 Å². The maximum atomic E-state index is 8.88. The number of ether oxygens (including phenoxy) is 2. The Kier molecular flexibility index (Phi) is 15.2. The lowest BCUT2D eigenvalue weighted by Gasteiger charge is -2.30. The molecule has 2 unspecified atom stereocenters. The number of likely N-dealkylation sites (N-methyl/N-ethyl adjacent to an activating group) is 1. The van der Waals surface area contributed by atoms with E-state index in [1.54, 1.807) is 0 Å². The number of unbranched alkanes of at least 4 members (excludes halogenated alkanes) is 10. The molecular formula is C23H48N2O4. The lowest BCUT2D eigenvalue weighted by atomic mass is 9.99. The predicted molar refractivity (Wildman–Crippen MR) is 119 cm³/mol. The summed E-state index contributed by atoms with van der Waals surface area (Å²) in [7, 11) is 4.08. The van der Waals surface area contributed by atoms with Gasteiger partial charge >= 0.3 is 0 Å². The second-order valence-electron chi connectivity index (χ2n) is 8.99. The van der Waals surface area contributed by atoms with Gasteiger partial charge in [-0.25, -0.2) is 0 Å². The SMILES string of the molecule is CN(C)CC(N)C1COC(CCCCCCCCO)(CCCCCCCCO)O1. The third-order valence-electron chi connectivity index (χ3n) is 5.86. The first-order valence-corrected chi connectivity index (χ1v) is 12.0. The van der Waals surface area contributed by atoms with E-state index in [-0.39, 0.29) is 12.1 Å². The van der Waals surface area contributed by atoms with Crippen LogP contribution in [0.5, 0.6) is 0 Å². The van der Waals surface area contributed by atoms with Gasteiger partial charge in [-0.1, -0.05) is 51.4 Å². The smallest absolute Gasteiger partial charge is 0.168 e. The van der Waals surface area contributed by atoms with Crippen LogP contribution >= 0.6 is 0 Å². The van der Waals surface area contributed by atoms with E-state index >= 15 is 0 Å². The molecule has 1 aliphatic rings. The fourth-order valence-electron chi connectivity index (χ4n) is 4.14. The highest BCUT2D eigenvalue weighted by molar-refractivity contribution is 4.86. The normalized spacial score (nSPS) is 19.9. The Balaban J connectivity index is 2.40. The molecule has 0 spiro atoms. The van der Waals surface area contributed by atoms with Crippen LogP contribution in [0.2, 0.25) is 0 Å². The van der Waals surface area contributed by atoms with Gasteiger partial charge in [-0.15, -0.1) is 0 Å². The van der Waals surface area contributed by atoms with Gasteiger partial charge in [0, 0.05) is 38.6 Å². The molecule has 0 bridgehead atoms. The number of aliphatic hydroxyl groups excluding tert-OH is 2. The summed E-state index contributed by atoms with van der Waals surface area (Å²) in [4.78, 5) is 2.10. The van der Waals surface area contributed by atoms with Gasteiger partial charge in [0.25, 0.3) is 0 Å². The molecule has 0 amide bonds. The monoisotopic (exact) mass is 416 g/mol. The molecule has 174 valence electrons. The number of nitrogens with two attached hydrogens (primary N) is 1. The molecule has 1 fully saturated rings. The topological polar surface area (TPSA) is 88.2 Å². The highest BCUT2D eigenvalue weighted by Gasteiger charge is 2.42. The van der Waals surface area contributed by atoms with E-state index in [0.717, 1.165) is 57.9 Å². The van der Waals surface area contributed by atoms with E-state index in [9.17, 15) is 0 Å². The van der Waals surface area contributed by atoms with Crippen LogP contribution < -0.4 is 5.73 Å². The summed E-state index contributed by atoms with van der Waals surface area (Å²) in [6, 6.07) is -0.0242. The van der Waals surface area contributed by atoms with Crippen molar-refractivity contribution in [3.05, 3.63) is 0 Å². The van der Waals surface area contributed by atoms with E-state index in [0.29, 0.717) is 19.8 Å². The number of aliphatic hydroxyl groups is 2. The standard InChI is InChI=1S/C23H48N2O4/c1-25(2)19-21(24)22-20-28-23(29-22,15-11-7-3-5-9-13-17-26)16-12-8-4-6-10-14-18-27/h21-22,26-27H,3-20,24H2,1-2H3. The van der Waals surface area contributed by atoms with E-state index in [1.165, 1.54) is 38.5 Å². The molecule has 0 aromatic heterocycles. The van der Waals surface area contributed by atoms with E-state index in [4.69, 9.17) is 25.4 Å². The molecule has 1 heterocycles. The molecule has 4 N–H and O–H groups in total. The summed E-state index contributed by atoms with van der Waals surface area (Å²) in [5, 5.41) is 17.8. The van der Waals surface area contributed by atoms with Gasteiger partial charge in [0.15, 0.2) is 5.79 Å². The minimum atomic E-state index is -0.454. The zero-order chi connectivity index (χ0) is 21.4. The fraction of sp³-hybridized carbons (Fsp3) is 1.00. The first kappa shape index (κ1) is 26.8. The fourth-order valence-corrected chi connectivity index (χ4v) is 4.14. The average Bonchev–Trinajstić information content (AvgIpc) is 3.11. The minimum Gasteiger partial charge on any atom is -0.396 e. The van der Waals surface area contributed by atoms with E-state index in [2.05, 4.69) is 4.90 Å². The average molecular weight is 417 g/mol. The van der Waals surface area contributed by atoms with Crippen LogP contribution in [0.15, 0.2) is 0 Å². The summed E-state index contributed by atoms with van der Waals surface area (Å²) in [6.07, 6.45) is 15.4. The molecule has 1 saturated heterocycles. The van der Waals surface area contributed by atoms with E-state index in [1.807, 2.05) is 14.1 Å². The summed E-state index contributed by atoms with van der Waals surface area (Å²) in [5.74, 6) is -0.454. The molecule has 0 saturated carbocycles. The molecule has 2 atom stereocenters. The minimum absolute atomic E-state index is 0.0218. The van der Waals surface area contributed by atoms with Crippen molar-refractivity contribution in [1.29, 1.82) is 0 Å². The van der Waals surface area contributed by atoms with Gasteiger partial charge in [0.1, 0.15) is 6.10 Å². The van der Waals surface area contributed by atoms with Crippen molar-refractivity contribution in [2.75, 3.05) is 40.5 Å². The van der Waals surface area contributed by atoms with Gasteiger partial charge in [-0.05, 0) is 39.8 Å². The first-order valence-electron chi connectivity index (χ1n) is 12.0. The van der Waals surface area contributed by atoms with Crippen LogP contribution in [0.25, 0.3) is 0 Å². The summed E-state index contributed by atoms with van der Waals surface area (Å²) < 4.78 is 12.7. The largest absolute Gasteiger partial charge is 0.396 e. The van der Waals surface area contributed by atoms with Crippen molar-refractivity contribution < 1.29 is 19.7 Å². The van der Waals surface area contributed by atoms with Crippen LogP contribution in [-0.4, -0.2) is 73.5 Å². The molecule has 0 aliphatic carbocycles. The van der Waals surface area contributed by atoms with Crippen LogP contribution in [-0.2, 0) is 9.47 Å². The zero-order valence-corrected chi connectivity index (χ0v) is 19.1. The maximum absolute atomic E-state index is 8.88. The summed E-state index contributed by atoms with van der Waals surface area (Å²) in [5.41, 5.74) is 6.36. The van der Waals surface area contributed by atoms with Gasteiger partial charge in [0.05, 0.1) is 6.61 Å². The van der Waals surface area contributed by atoms with Crippen molar-refractivity contribution in [2.45, 2.75) is 108 Å². The second-order valence-corrected chi connectivity index (χ2v) is 8.99. The third-order valence-corrected chi connectivity index (χ3v) is 5.86. The quantitative estimate of drug-likeness (QED) is 0.280. The van der Waals surface area contributed by atoms with Gasteiger partial charge in [-0.2, -0.15) is 0 Å². The molecule has 0 radical (unpaired) electrons. The highest BCUT2D eigenvalue weighted by Crippen LogP contribution is 2.35. The molecule has 6 nitrogen and oxygen atoms in total. The molecular weight excluding hydrogens is 368 g/mol. The molecule has 29 heavy (non-hydrogen) atoms. The van der Waals surface area contributed by atoms with Gasteiger partial charge in [-0.3, -0.25) is 0 Å². The molecule has 1 aliphatic heterocycles. The Morgan fingerprint density at radius 3 is 1.72 bits per heavy atom. The zero-order valence-electron chi connectivity index (χ0n) is 19.1. The van der Waals surface area contributed by atoms with Crippen LogP contribution in [0.4, 0.5) is 0 Å². The number of rotatable bonds is 19. The van der Waals surface area contributed by atoms with Crippen molar-refractivity contribution in [3.63, 3.8) is 0 Å². The van der Waals surface area contributed by atoms with Crippen molar-refractivity contribution >= 4 is 0 Å².